The number of ether oxygens (including phenoxy) is 1. The molecule has 2 N–H and O–H groups in total. The number of nitrogens with zero attached hydrogens (tertiary/aromatic N) is 3. The molecule has 3 rings (SSSR count). The predicted octanol–water partition coefficient (Wildman–Crippen LogP) is 3.41. The van der Waals surface area contributed by atoms with Crippen molar-refractivity contribution < 1.29 is 17.9 Å². The number of fused-ring (bicyclic) bond motifs is 1. The summed E-state index contributed by atoms with van der Waals surface area (Å²) < 4.78 is 40.6. The predicted molar refractivity (Wildman–Crippen MR) is 75.6 cm³/mol. The second kappa shape index (κ2) is 5.44. The van der Waals surface area contributed by atoms with Crippen molar-refractivity contribution in [2.45, 2.75) is 13.1 Å². The summed E-state index contributed by atoms with van der Waals surface area (Å²) in [4.78, 5) is 16.2. The highest BCUT2D eigenvalue weighted by Crippen LogP contribution is 2.28. The van der Waals surface area contributed by atoms with Crippen LogP contribution in [0.15, 0.2) is 18.6 Å². The number of rotatable bonds is 4. The van der Waals surface area contributed by atoms with Gasteiger partial charge in [0.05, 0.1) is 23.1 Å². The first-order valence-corrected chi connectivity index (χ1v) is 6.95. The highest BCUT2D eigenvalue weighted by molar-refractivity contribution is 7.18. The highest BCUT2D eigenvalue weighted by atomic mass is 32.1. The quantitative estimate of drug-likeness (QED) is 0.767. The van der Waals surface area contributed by atoms with Crippen LogP contribution < -0.4 is 10.1 Å². The smallest absolute Gasteiger partial charge is 0.422 e. The normalized spacial score (nSPS) is 11.8. The van der Waals surface area contributed by atoms with E-state index in [-0.39, 0.29) is 11.7 Å². The van der Waals surface area contributed by atoms with E-state index in [9.17, 15) is 13.2 Å². The molecule has 116 valence electrons. The Morgan fingerprint density at radius 1 is 1.32 bits per heavy atom. The number of aryl methyl sites for hydroxylation is 1. The molecular weight excluding hydrogens is 319 g/mol. The fourth-order valence-electron chi connectivity index (χ4n) is 1.75. The fraction of sp³-hybridized carbons (Fsp3) is 0.250. The van der Waals surface area contributed by atoms with Crippen LogP contribution in [0, 0.1) is 6.92 Å². The van der Waals surface area contributed by atoms with Crippen LogP contribution in [0.3, 0.4) is 0 Å². The molecule has 0 saturated carbocycles. The van der Waals surface area contributed by atoms with Gasteiger partial charge in [-0.2, -0.15) is 13.2 Å². The SMILES string of the molecule is Cc1nc2c(Nc3ncc(OCC(F)(F)F)cn3)c[nH]c2s1. The molecule has 0 aliphatic carbocycles. The van der Waals surface area contributed by atoms with Crippen LogP contribution in [0.2, 0.25) is 0 Å². The molecule has 0 amide bonds. The lowest BCUT2D eigenvalue weighted by Gasteiger charge is -2.08. The summed E-state index contributed by atoms with van der Waals surface area (Å²) in [6, 6.07) is 0. The van der Waals surface area contributed by atoms with Crippen molar-refractivity contribution in [2.75, 3.05) is 11.9 Å². The van der Waals surface area contributed by atoms with Gasteiger partial charge in [0.25, 0.3) is 0 Å². The van der Waals surface area contributed by atoms with E-state index in [2.05, 4.69) is 30.0 Å². The number of hydrogen-bond donors (Lipinski definition) is 2. The van der Waals surface area contributed by atoms with E-state index in [0.29, 0.717) is 5.69 Å². The van der Waals surface area contributed by atoms with E-state index in [1.165, 1.54) is 23.7 Å². The Balaban J connectivity index is 1.70. The number of thiazole rings is 1. The second-order valence-corrected chi connectivity index (χ2v) is 5.59. The van der Waals surface area contributed by atoms with Crippen molar-refractivity contribution in [1.29, 1.82) is 0 Å². The van der Waals surface area contributed by atoms with Crippen molar-refractivity contribution in [3.63, 3.8) is 0 Å². The lowest BCUT2D eigenvalue weighted by atomic mass is 10.5. The number of halogens is 3. The van der Waals surface area contributed by atoms with Gasteiger partial charge >= 0.3 is 6.18 Å². The Labute approximate surface area is 126 Å². The van der Waals surface area contributed by atoms with Gasteiger partial charge in [-0.3, -0.25) is 0 Å². The maximum atomic E-state index is 12.0. The van der Waals surface area contributed by atoms with Crippen molar-refractivity contribution in [3.8, 4) is 5.75 Å². The van der Waals surface area contributed by atoms with E-state index in [1.54, 1.807) is 6.20 Å². The topological polar surface area (TPSA) is 75.7 Å². The van der Waals surface area contributed by atoms with Crippen LogP contribution in [0.5, 0.6) is 5.75 Å². The third-order valence-electron chi connectivity index (χ3n) is 2.61. The number of hydrogen-bond acceptors (Lipinski definition) is 6. The molecule has 3 aromatic rings. The molecule has 0 atom stereocenters. The summed E-state index contributed by atoms with van der Waals surface area (Å²) in [5, 5.41) is 3.87. The monoisotopic (exact) mass is 329 g/mol. The summed E-state index contributed by atoms with van der Waals surface area (Å²) in [5.41, 5.74) is 1.46. The van der Waals surface area contributed by atoms with Crippen molar-refractivity contribution in [2.24, 2.45) is 0 Å². The van der Waals surface area contributed by atoms with Gasteiger partial charge in [-0.1, -0.05) is 0 Å². The minimum absolute atomic E-state index is 0.0495. The molecule has 10 heteroatoms. The van der Waals surface area contributed by atoms with Crippen LogP contribution >= 0.6 is 11.3 Å². The number of aromatic nitrogens is 4. The van der Waals surface area contributed by atoms with Gasteiger partial charge in [-0.05, 0) is 6.92 Å². The maximum absolute atomic E-state index is 12.0. The fourth-order valence-corrected chi connectivity index (χ4v) is 2.55. The molecule has 0 spiro atoms. The maximum Gasteiger partial charge on any atom is 0.422 e. The highest BCUT2D eigenvalue weighted by Gasteiger charge is 2.28. The van der Waals surface area contributed by atoms with Gasteiger partial charge in [-0.15, -0.1) is 11.3 Å². The van der Waals surface area contributed by atoms with Crippen LogP contribution in [-0.2, 0) is 0 Å². The summed E-state index contributed by atoms with van der Waals surface area (Å²) in [6.07, 6.45) is -0.310. The molecule has 0 aliphatic heterocycles. The average Bonchev–Trinajstić information content (AvgIpc) is 2.98. The summed E-state index contributed by atoms with van der Waals surface area (Å²) in [7, 11) is 0. The molecule has 0 radical (unpaired) electrons. The van der Waals surface area contributed by atoms with Crippen LogP contribution in [0.25, 0.3) is 10.3 Å². The molecule has 0 unspecified atom stereocenters. The summed E-state index contributed by atoms with van der Waals surface area (Å²) in [5.74, 6) is 0.192. The standard InChI is InChI=1S/C12H10F3N5OS/c1-6-19-9-8(4-16-10(9)22-6)20-11-17-2-7(3-18-11)21-5-12(13,14)15/h2-4,16H,5H2,1H3,(H,17,18,20). The molecule has 0 bridgehead atoms. The van der Waals surface area contributed by atoms with Gasteiger partial charge in [-0.25, -0.2) is 15.0 Å². The number of nitrogens with one attached hydrogen (secondary N) is 2. The lowest BCUT2D eigenvalue weighted by Crippen LogP contribution is -2.19. The Morgan fingerprint density at radius 2 is 2.05 bits per heavy atom. The molecule has 0 saturated heterocycles. The largest absolute Gasteiger partial charge is 0.481 e. The van der Waals surface area contributed by atoms with Gasteiger partial charge < -0.3 is 15.0 Å². The van der Waals surface area contributed by atoms with Gasteiger partial charge in [0.1, 0.15) is 10.3 Å². The van der Waals surface area contributed by atoms with Gasteiger partial charge in [0, 0.05) is 6.20 Å². The molecule has 0 aromatic carbocycles. The van der Waals surface area contributed by atoms with Gasteiger partial charge in [0.15, 0.2) is 12.4 Å². The molecule has 6 nitrogen and oxygen atoms in total. The van der Waals surface area contributed by atoms with E-state index in [4.69, 9.17) is 0 Å². The molecule has 22 heavy (non-hydrogen) atoms. The average molecular weight is 329 g/mol. The number of alkyl halides is 3. The minimum atomic E-state index is -4.39. The zero-order valence-electron chi connectivity index (χ0n) is 11.2. The van der Waals surface area contributed by atoms with E-state index in [1.807, 2.05) is 6.92 Å². The van der Waals surface area contributed by atoms with Crippen LogP contribution in [-0.4, -0.2) is 32.7 Å². The van der Waals surface area contributed by atoms with Crippen LogP contribution in [0.1, 0.15) is 5.01 Å². The first-order valence-electron chi connectivity index (χ1n) is 6.14. The molecule has 3 heterocycles. The number of aromatic amines is 1. The van der Waals surface area contributed by atoms with E-state index < -0.39 is 12.8 Å². The van der Waals surface area contributed by atoms with E-state index in [0.717, 1.165) is 15.4 Å². The third kappa shape index (κ3) is 3.27. The Bertz CT molecular complexity index is 780. The van der Waals surface area contributed by atoms with Crippen molar-refractivity contribution in [1.82, 2.24) is 19.9 Å². The van der Waals surface area contributed by atoms with Crippen molar-refractivity contribution >= 4 is 33.3 Å². The number of H-pyrrole nitrogens is 1. The van der Waals surface area contributed by atoms with E-state index >= 15 is 0 Å². The zero-order valence-corrected chi connectivity index (χ0v) is 12.0. The Hall–Kier alpha value is -2.36. The second-order valence-electron chi connectivity index (χ2n) is 4.38. The van der Waals surface area contributed by atoms with Gasteiger partial charge in [0.2, 0.25) is 5.95 Å². The third-order valence-corrected chi connectivity index (χ3v) is 3.52. The van der Waals surface area contributed by atoms with Crippen LogP contribution in [0.4, 0.5) is 24.8 Å². The summed E-state index contributed by atoms with van der Waals surface area (Å²) in [6.45, 7) is 0.519. The lowest BCUT2D eigenvalue weighted by molar-refractivity contribution is -0.153. The molecular formula is C12H10F3N5OS. The Kier molecular flexibility index (Phi) is 3.61. The number of anilines is 2. The van der Waals surface area contributed by atoms with Crippen molar-refractivity contribution in [3.05, 3.63) is 23.6 Å². The Morgan fingerprint density at radius 3 is 2.73 bits per heavy atom. The molecule has 0 aliphatic rings. The molecule has 0 fully saturated rings. The molecule has 3 aromatic heterocycles. The first kappa shape index (κ1) is 14.6. The first-order chi connectivity index (χ1) is 10.4. The zero-order chi connectivity index (χ0) is 15.7. The summed E-state index contributed by atoms with van der Waals surface area (Å²) >= 11 is 1.52. The minimum Gasteiger partial charge on any atom is -0.481 e.